The molecule has 2 rings (SSSR count). The molecular weight excluding hydrogens is 357 g/mol. The van der Waals surface area contributed by atoms with Crippen LogP contribution in [0.2, 0.25) is 0 Å². The Kier molecular flexibility index (Phi) is 6.08. The van der Waals surface area contributed by atoms with Crippen molar-refractivity contribution in [3.8, 4) is 6.07 Å². The fourth-order valence-corrected chi connectivity index (χ4v) is 3.42. The van der Waals surface area contributed by atoms with Crippen molar-refractivity contribution in [3.63, 3.8) is 0 Å². The molecule has 26 heavy (non-hydrogen) atoms. The van der Waals surface area contributed by atoms with Crippen LogP contribution in [0.3, 0.4) is 0 Å². The number of benzene rings is 2. The van der Waals surface area contributed by atoms with Gasteiger partial charge in [0.15, 0.2) is 0 Å². The molecule has 0 heterocycles. The number of carbonyl (C=O) groups is 1. The Morgan fingerprint density at radius 3 is 2.31 bits per heavy atom. The number of rotatable bonds is 6. The van der Waals surface area contributed by atoms with Crippen LogP contribution < -0.4 is 5.32 Å². The second-order valence-corrected chi connectivity index (χ2v) is 7.78. The van der Waals surface area contributed by atoms with E-state index in [4.69, 9.17) is 5.26 Å². The first-order valence-electron chi connectivity index (χ1n) is 7.75. The summed E-state index contributed by atoms with van der Waals surface area (Å²) in [4.78, 5) is 12.1. The number of amides is 1. The monoisotopic (exact) mass is 375 g/mol. The molecular formula is C18H18FN3O3S. The van der Waals surface area contributed by atoms with Crippen LogP contribution in [-0.2, 0) is 14.8 Å². The summed E-state index contributed by atoms with van der Waals surface area (Å²) in [6.07, 6.45) is 0. The molecule has 136 valence electrons. The Hall–Kier alpha value is -2.76. The standard InChI is InChI=1S/C18H18FN3O3S/c1-13(15-5-3-14(11-20)4-6-15)21-18(23)12-22(2)26(24,25)17-9-7-16(19)8-10-17/h3-10,13H,12H2,1-2H3,(H,21,23). The highest BCUT2D eigenvalue weighted by molar-refractivity contribution is 7.89. The SMILES string of the molecule is CC(NC(=O)CN(C)S(=O)(=O)c1ccc(F)cc1)c1ccc(C#N)cc1. The third-order valence-corrected chi connectivity index (χ3v) is 5.62. The number of halogens is 1. The summed E-state index contributed by atoms with van der Waals surface area (Å²) in [7, 11) is -2.61. The lowest BCUT2D eigenvalue weighted by Gasteiger charge is -2.19. The fraction of sp³-hybridized carbons (Fsp3) is 0.222. The lowest BCUT2D eigenvalue weighted by molar-refractivity contribution is -0.121. The smallest absolute Gasteiger partial charge is 0.243 e. The predicted octanol–water partition coefficient (Wildman–Crippen LogP) is 2.20. The summed E-state index contributed by atoms with van der Waals surface area (Å²) in [5.74, 6) is -1.02. The molecule has 0 aliphatic rings. The van der Waals surface area contributed by atoms with E-state index in [0.717, 1.165) is 34.1 Å². The summed E-state index contributed by atoms with van der Waals surface area (Å²) >= 11 is 0. The van der Waals surface area contributed by atoms with Crippen molar-refractivity contribution in [1.82, 2.24) is 9.62 Å². The number of nitriles is 1. The van der Waals surface area contributed by atoms with Gasteiger partial charge in [0.2, 0.25) is 15.9 Å². The highest BCUT2D eigenvalue weighted by atomic mass is 32.2. The summed E-state index contributed by atoms with van der Waals surface area (Å²) in [6.45, 7) is 1.38. The molecule has 2 aromatic carbocycles. The Morgan fingerprint density at radius 2 is 1.77 bits per heavy atom. The molecule has 8 heteroatoms. The molecule has 0 spiro atoms. The Labute approximate surface area is 151 Å². The van der Waals surface area contributed by atoms with E-state index in [9.17, 15) is 17.6 Å². The zero-order chi connectivity index (χ0) is 19.3. The first-order chi connectivity index (χ1) is 12.2. The van der Waals surface area contributed by atoms with Gasteiger partial charge in [-0.1, -0.05) is 12.1 Å². The third kappa shape index (κ3) is 4.65. The molecule has 0 bridgehead atoms. The number of nitrogens with zero attached hydrogens (tertiary/aromatic N) is 2. The quantitative estimate of drug-likeness (QED) is 0.838. The number of nitrogens with one attached hydrogen (secondary N) is 1. The Bertz CT molecular complexity index is 920. The minimum atomic E-state index is -3.89. The second kappa shape index (κ2) is 8.08. The van der Waals surface area contributed by atoms with Gasteiger partial charge in [-0.05, 0) is 48.9 Å². The largest absolute Gasteiger partial charge is 0.348 e. The van der Waals surface area contributed by atoms with Gasteiger partial charge in [-0.15, -0.1) is 0 Å². The molecule has 0 saturated heterocycles. The number of hydrogen-bond acceptors (Lipinski definition) is 4. The molecule has 0 aliphatic carbocycles. The summed E-state index contributed by atoms with van der Waals surface area (Å²) in [5.41, 5.74) is 1.30. The van der Waals surface area contributed by atoms with Crippen LogP contribution in [0.25, 0.3) is 0 Å². The number of likely N-dealkylation sites (N-methyl/N-ethyl adjacent to an activating group) is 1. The molecule has 0 fully saturated rings. The predicted molar refractivity (Wildman–Crippen MR) is 93.9 cm³/mol. The van der Waals surface area contributed by atoms with E-state index in [1.165, 1.54) is 7.05 Å². The van der Waals surface area contributed by atoms with Gasteiger partial charge in [-0.3, -0.25) is 4.79 Å². The van der Waals surface area contributed by atoms with E-state index >= 15 is 0 Å². The van der Waals surface area contributed by atoms with Gasteiger partial charge < -0.3 is 5.32 Å². The molecule has 0 radical (unpaired) electrons. The summed E-state index contributed by atoms with van der Waals surface area (Å²) in [6, 6.07) is 12.8. The van der Waals surface area contributed by atoms with Gasteiger partial charge in [-0.2, -0.15) is 9.57 Å². The van der Waals surface area contributed by atoms with E-state index in [1.54, 1.807) is 31.2 Å². The van der Waals surface area contributed by atoms with Crippen LogP contribution in [0.15, 0.2) is 53.4 Å². The van der Waals surface area contributed by atoms with Crippen molar-refractivity contribution < 1.29 is 17.6 Å². The van der Waals surface area contributed by atoms with Crippen molar-refractivity contribution in [1.29, 1.82) is 5.26 Å². The maximum absolute atomic E-state index is 12.9. The van der Waals surface area contributed by atoms with Gasteiger partial charge in [0.05, 0.1) is 29.1 Å². The van der Waals surface area contributed by atoms with E-state index in [0.29, 0.717) is 5.56 Å². The van der Waals surface area contributed by atoms with Crippen molar-refractivity contribution in [3.05, 3.63) is 65.5 Å². The average Bonchev–Trinajstić information content (AvgIpc) is 2.61. The molecule has 1 amide bonds. The first-order valence-corrected chi connectivity index (χ1v) is 9.19. The average molecular weight is 375 g/mol. The fourth-order valence-electron chi connectivity index (χ4n) is 2.29. The zero-order valence-electron chi connectivity index (χ0n) is 14.3. The highest BCUT2D eigenvalue weighted by Gasteiger charge is 2.23. The maximum atomic E-state index is 12.9. The zero-order valence-corrected chi connectivity index (χ0v) is 15.1. The van der Waals surface area contributed by atoms with Gasteiger partial charge >= 0.3 is 0 Å². The lowest BCUT2D eigenvalue weighted by Crippen LogP contribution is -2.39. The van der Waals surface area contributed by atoms with Gasteiger partial charge in [0.25, 0.3) is 0 Å². The minimum absolute atomic E-state index is 0.0886. The van der Waals surface area contributed by atoms with E-state index < -0.39 is 21.7 Å². The topological polar surface area (TPSA) is 90.3 Å². The van der Waals surface area contributed by atoms with Crippen molar-refractivity contribution >= 4 is 15.9 Å². The van der Waals surface area contributed by atoms with Crippen molar-refractivity contribution in [2.24, 2.45) is 0 Å². The highest BCUT2D eigenvalue weighted by Crippen LogP contribution is 2.16. The maximum Gasteiger partial charge on any atom is 0.243 e. The van der Waals surface area contributed by atoms with Crippen LogP contribution in [0.4, 0.5) is 4.39 Å². The molecule has 0 saturated carbocycles. The normalized spacial score (nSPS) is 12.4. The van der Waals surface area contributed by atoms with Crippen molar-refractivity contribution in [2.75, 3.05) is 13.6 Å². The van der Waals surface area contributed by atoms with E-state index in [1.807, 2.05) is 6.07 Å². The van der Waals surface area contributed by atoms with E-state index in [-0.39, 0.29) is 17.5 Å². The van der Waals surface area contributed by atoms with E-state index in [2.05, 4.69) is 5.32 Å². The molecule has 1 atom stereocenters. The number of hydrogen-bond donors (Lipinski definition) is 1. The van der Waals surface area contributed by atoms with Gasteiger partial charge in [-0.25, -0.2) is 12.8 Å². The van der Waals surface area contributed by atoms with Crippen LogP contribution in [-0.4, -0.2) is 32.2 Å². The second-order valence-electron chi connectivity index (χ2n) is 5.74. The molecule has 6 nitrogen and oxygen atoms in total. The minimum Gasteiger partial charge on any atom is -0.348 e. The molecule has 0 aliphatic heterocycles. The Balaban J connectivity index is 2.01. The molecule has 1 N–H and O–H groups in total. The summed E-state index contributed by atoms with van der Waals surface area (Å²) < 4.78 is 38.6. The number of sulfonamides is 1. The molecule has 1 unspecified atom stereocenters. The first kappa shape index (κ1) is 19.6. The van der Waals surface area contributed by atoms with Crippen LogP contribution in [0.5, 0.6) is 0 Å². The molecule has 2 aromatic rings. The van der Waals surface area contributed by atoms with Gasteiger partial charge in [0, 0.05) is 7.05 Å². The van der Waals surface area contributed by atoms with Crippen LogP contribution in [0.1, 0.15) is 24.1 Å². The van der Waals surface area contributed by atoms with Gasteiger partial charge in [0.1, 0.15) is 5.82 Å². The molecule has 0 aromatic heterocycles. The Morgan fingerprint density at radius 1 is 1.19 bits per heavy atom. The summed E-state index contributed by atoms with van der Waals surface area (Å²) in [5, 5.41) is 11.5. The lowest BCUT2D eigenvalue weighted by atomic mass is 10.1. The van der Waals surface area contributed by atoms with Crippen LogP contribution >= 0.6 is 0 Å². The van der Waals surface area contributed by atoms with Crippen molar-refractivity contribution in [2.45, 2.75) is 17.9 Å². The third-order valence-electron chi connectivity index (χ3n) is 3.81. The number of carbonyl (C=O) groups excluding carboxylic acids is 1. The van der Waals surface area contributed by atoms with Crippen LogP contribution in [0, 0.1) is 17.1 Å².